The van der Waals surface area contributed by atoms with Gasteiger partial charge in [0.1, 0.15) is 0 Å². The molecule has 0 amide bonds. The molecule has 0 aromatic heterocycles. The van der Waals surface area contributed by atoms with E-state index >= 15 is 0 Å². The van der Waals surface area contributed by atoms with Crippen molar-refractivity contribution in [1.29, 1.82) is 0 Å². The Kier molecular flexibility index (Phi) is 5.36. The summed E-state index contributed by atoms with van der Waals surface area (Å²) < 4.78 is 0. The predicted molar refractivity (Wildman–Crippen MR) is 73.7 cm³/mol. The van der Waals surface area contributed by atoms with E-state index < -0.39 is 5.79 Å². The zero-order valence-electron chi connectivity index (χ0n) is 10.5. The molecule has 0 saturated heterocycles. The van der Waals surface area contributed by atoms with Gasteiger partial charge >= 0.3 is 0 Å². The van der Waals surface area contributed by atoms with Crippen molar-refractivity contribution in [3.63, 3.8) is 0 Å². The molecule has 0 aliphatic carbocycles. The highest BCUT2D eigenvalue weighted by atomic mass is 16.5. The van der Waals surface area contributed by atoms with Gasteiger partial charge in [-0.2, -0.15) is 0 Å². The van der Waals surface area contributed by atoms with E-state index in [4.69, 9.17) is 5.73 Å². The van der Waals surface area contributed by atoms with Gasteiger partial charge in [0.2, 0.25) is 0 Å². The van der Waals surface area contributed by atoms with E-state index in [-0.39, 0.29) is 0 Å². The highest BCUT2D eigenvalue weighted by Crippen LogP contribution is 2.20. The van der Waals surface area contributed by atoms with E-state index in [1.165, 1.54) is 0 Å². The molecule has 0 spiro atoms. The lowest BCUT2D eigenvalue weighted by molar-refractivity contribution is -0.171. The van der Waals surface area contributed by atoms with Crippen LogP contribution in [0.3, 0.4) is 0 Å². The van der Waals surface area contributed by atoms with Crippen molar-refractivity contribution < 1.29 is 10.2 Å². The number of hydrogen-bond acceptors (Lipinski definition) is 3. The third kappa shape index (κ3) is 4.57. The van der Waals surface area contributed by atoms with Crippen molar-refractivity contribution in [3.8, 4) is 0 Å². The minimum absolute atomic E-state index is 0.303. The molecule has 0 radical (unpaired) electrons. The molecular weight excluding hydrogens is 226 g/mol. The molecule has 0 heterocycles. The van der Waals surface area contributed by atoms with Crippen molar-refractivity contribution in [2.45, 2.75) is 19.1 Å². The number of nitrogens with two attached hydrogens (primary N) is 1. The van der Waals surface area contributed by atoms with Crippen LogP contribution in [0.5, 0.6) is 0 Å². The first kappa shape index (κ1) is 14.2. The van der Waals surface area contributed by atoms with Crippen molar-refractivity contribution in [2.24, 2.45) is 0 Å². The molecule has 4 N–H and O–H groups in total. The average Bonchev–Trinajstić information content (AvgIpc) is 2.41. The van der Waals surface area contributed by atoms with Crippen LogP contribution >= 0.6 is 0 Å². The number of nitrogen functional groups attached to an aromatic ring is 1. The molecule has 0 unspecified atom stereocenters. The van der Waals surface area contributed by atoms with Gasteiger partial charge in [-0.05, 0) is 12.1 Å². The minimum Gasteiger partial charge on any atom is -0.399 e. The van der Waals surface area contributed by atoms with Crippen LogP contribution in [-0.4, -0.2) is 10.2 Å². The second kappa shape index (κ2) is 6.79. The average molecular weight is 245 g/mol. The summed E-state index contributed by atoms with van der Waals surface area (Å²) in [6.45, 7) is 1.73. The maximum absolute atomic E-state index is 9.35. The molecular formula is C15H19NO2. The van der Waals surface area contributed by atoms with E-state index in [1.807, 2.05) is 36.4 Å². The molecule has 3 heteroatoms. The lowest BCUT2D eigenvalue weighted by atomic mass is 10.0. The molecule has 18 heavy (non-hydrogen) atoms. The van der Waals surface area contributed by atoms with E-state index in [2.05, 4.69) is 0 Å². The van der Waals surface area contributed by atoms with Crippen LogP contribution in [0.1, 0.15) is 18.9 Å². The number of rotatable bonds is 2. The van der Waals surface area contributed by atoms with Gasteiger partial charge in [0.05, 0.1) is 0 Å². The van der Waals surface area contributed by atoms with Crippen LogP contribution in [0.15, 0.2) is 60.7 Å². The second-order valence-corrected chi connectivity index (χ2v) is 3.95. The Bertz CT molecular complexity index is 441. The summed E-state index contributed by atoms with van der Waals surface area (Å²) >= 11 is 0. The Morgan fingerprint density at radius 2 is 1.33 bits per heavy atom. The molecule has 2 aromatic rings. The number of hydrogen-bond donors (Lipinski definition) is 3. The Morgan fingerprint density at radius 1 is 0.889 bits per heavy atom. The summed E-state index contributed by atoms with van der Waals surface area (Å²) in [6.07, 6.45) is 0.303. The summed E-state index contributed by atoms with van der Waals surface area (Å²) in [4.78, 5) is 0. The summed E-state index contributed by atoms with van der Waals surface area (Å²) in [5, 5.41) is 18.7. The lowest BCUT2D eigenvalue weighted by Gasteiger charge is -2.19. The third-order valence-electron chi connectivity index (χ3n) is 2.53. The Balaban J connectivity index is 0.000000199. The highest BCUT2D eigenvalue weighted by Gasteiger charge is 2.21. The maximum atomic E-state index is 9.35. The van der Waals surface area contributed by atoms with E-state index in [0.717, 1.165) is 5.69 Å². The number of anilines is 1. The fourth-order valence-electron chi connectivity index (χ4n) is 1.36. The van der Waals surface area contributed by atoms with Gasteiger partial charge in [-0.25, -0.2) is 0 Å². The minimum atomic E-state index is -1.67. The van der Waals surface area contributed by atoms with E-state index in [9.17, 15) is 10.2 Å². The topological polar surface area (TPSA) is 66.5 Å². The molecule has 0 aliphatic heterocycles. The summed E-state index contributed by atoms with van der Waals surface area (Å²) in [5.74, 6) is -1.67. The van der Waals surface area contributed by atoms with Gasteiger partial charge in [-0.15, -0.1) is 0 Å². The van der Waals surface area contributed by atoms with E-state index in [1.54, 1.807) is 31.2 Å². The monoisotopic (exact) mass is 245 g/mol. The molecule has 0 fully saturated rings. The first-order chi connectivity index (χ1) is 8.56. The number of para-hydroxylation sites is 1. The maximum Gasteiger partial charge on any atom is 0.189 e. The van der Waals surface area contributed by atoms with Crippen LogP contribution < -0.4 is 5.73 Å². The van der Waals surface area contributed by atoms with Gasteiger partial charge in [-0.3, -0.25) is 0 Å². The van der Waals surface area contributed by atoms with Crippen molar-refractivity contribution >= 4 is 5.69 Å². The van der Waals surface area contributed by atoms with Crippen LogP contribution in [0.4, 0.5) is 5.69 Å². The van der Waals surface area contributed by atoms with Gasteiger partial charge in [0.25, 0.3) is 0 Å². The van der Waals surface area contributed by atoms with Gasteiger partial charge in [0.15, 0.2) is 5.79 Å². The Labute approximate surface area is 108 Å². The van der Waals surface area contributed by atoms with Crippen LogP contribution in [0, 0.1) is 0 Å². The SMILES string of the molecule is CCC(O)(O)c1ccccc1.Nc1ccccc1. The van der Waals surface area contributed by atoms with Gasteiger partial charge in [0, 0.05) is 17.7 Å². The van der Waals surface area contributed by atoms with Gasteiger partial charge in [-0.1, -0.05) is 55.5 Å². The second-order valence-electron chi connectivity index (χ2n) is 3.95. The zero-order valence-corrected chi connectivity index (χ0v) is 10.5. The Hall–Kier alpha value is -1.84. The molecule has 96 valence electrons. The standard InChI is InChI=1S/C9H12O2.C6H7N/c1-2-9(10,11)8-6-4-3-5-7-8;7-6-4-2-1-3-5-6/h3-7,10-11H,2H2,1H3;1-5H,7H2. The van der Waals surface area contributed by atoms with E-state index in [0.29, 0.717) is 12.0 Å². The molecule has 2 aromatic carbocycles. The fraction of sp³-hybridized carbons (Fsp3) is 0.200. The van der Waals surface area contributed by atoms with Crippen LogP contribution in [-0.2, 0) is 5.79 Å². The highest BCUT2D eigenvalue weighted by molar-refractivity contribution is 5.35. The smallest absolute Gasteiger partial charge is 0.189 e. The Morgan fingerprint density at radius 3 is 1.67 bits per heavy atom. The fourth-order valence-corrected chi connectivity index (χ4v) is 1.36. The summed E-state index contributed by atoms with van der Waals surface area (Å²) in [6, 6.07) is 18.3. The number of benzene rings is 2. The molecule has 0 bridgehead atoms. The summed E-state index contributed by atoms with van der Waals surface area (Å²) in [7, 11) is 0. The molecule has 0 atom stereocenters. The van der Waals surface area contributed by atoms with Crippen LogP contribution in [0.25, 0.3) is 0 Å². The third-order valence-corrected chi connectivity index (χ3v) is 2.53. The first-order valence-corrected chi connectivity index (χ1v) is 5.87. The molecule has 2 rings (SSSR count). The summed E-state index contributed by atoms with van der Waals surface area (Å²) in [5.41, 5.74) is 6.72. The lowest BCUT2D eigenvalue weighted by Crippen LogP contribution is -2.23. The molecule has 3 nitrogen and oxygen atoms in total. The van der Waals surface area contributed by atoms with Gasteiger partial charge < -0.3 is 15.9 Å². The first-order valence-electron chi connectivity index (χ1n) is 5.87. The van der Waals surface area contributed by atoms with Crippen molar-refractivity contribution in [1.82, 2.24) is 0 Å². The quantitative estimate of drug-likeness (QED) is 0.562. The molecule has 0 saturated carbocycles. The molecule has 0 aliphatic rings. The van der Waals surface area contributed by atoms with Crippen molar-refractivity contribution in [2.75, 3.05) is 5.73 Å². The zero-order chi connectivity index (χ0) is 13.4. The van der Waals surface area contributed by atoms with Crippen molar-refractivity contribution in [3.05, 3.63) is 66.2 Å². The largest absolute Gasteiger partial charge is 0.399 e. The van der Waals surface area contributed by atoms with Crippen LogP contribution in [0.2, 0.25) is 0 Å². The predicted octanol–water partition coefficient (Wildman–Crippen LogP) is 2.50. The number of aliphatic hydroxyl groups is 2. The normalized spacial score (nSPS) is 10.4.